The van der Waals surface area contributed by atoms with E-state index in [0.717, 1.165) is 5.57 Å². The van der Waals surface area contributed by atoms with E-state index in [9.17, 15) is 14.4 Å². The summed E-state index contributed by atoms with van der Waals surface area (Å²) in [5, 5.41) is 0. The van der Waals surface area contributed by atoms with Gasteiger partial charge in [0.05, 0.1) is 16.5 Å². The van der Waals surface area contributed by atoms with Crippen LogP contribution < -0.4 is 0 Å². The zero-order chi connectivity index (χ0) is 18.4. The van der Waals surface area contributed by atoms with Crippen molar-refractivity contribution in [1.82, 2.24) is 9.80 Å². The minimum absolute atomic E-state index is 0.0553. The average molecular weight is 340 g/mol. The molecule has 25 heavy (non-hydrogen) atoms. The summed E-state index contributed by atoms with van der Waals surface area (Å²) >= 11 is 0. The van der Waals surface area contributed by atoms with E-state index in [4.69, 9.17) is 0 Å². The second kappa shape index (κ2) is 6.14. The van der Waals surface area contributed by atoms with Gasteiger partial charge >= 0.3 is 0 Å². The lowest BCUT2D eigenvalue weighted by atomic mass is 9.93. The third-order valence-corrected chi connectivity index (χ3v) is 5.58. The van der Waals surface area contributed by atoms with Gasteiger partial charge < -0.3 is 4.90 Å². The van der Waals surface area contributed by atoms with Gasteiger partial charge in [-0.15, -0.1) is 0 Å². The Morgan fingerprint density at radius 2 is 1.72 bits per heavy atom. The van der Waals surface area contributed by atoms with Crippen LogP contribution in [0.25, 0.3) is 0 Å². The maximum atomic E-state index is 13.0. The number of carbonyl (C=O) groups is 3. The number of rotatable bonds is 6. The molecule has 1 aliphatic carbocycles. The molecular formula is C20H24N2O3. The SMILES string of the molecule is C=C(C)[C@]1(C(=O)N(CC)CC)CC1CN1C(=O)c2ccccc2C1=O. The summed E-state index contributed by atoms with van der Waals surface area (Å²) in [7, 11) is 0. The highest BCUT2D eigenvalue weighted by atomic mass is 16.2. The second-order valence-corrected chi connectivity index (χ2v) is 6.90. The fraction of sp³-hybridized carbons (Fsp3) is 0.450. The van der Waals surface area contributed by atoms with Crippen LogP contribution in [-0.4, -0.2) is 47.2 Å². The molecule has 5 heteroatoms. The van der Waals surface area contributed by atoms with Gasteiger partial charge in [-0.05, 0) is 45.2 Å². The lowest BCUT2D eigenvalue weighted by Crippen LogP contribution is -2.40. The van der Waals surface area contributed by atoms with Crippen LogP contribution in [0, 0.1) is 11.3 Å². The second-order valence-electron chi connectivity index (χ2n) is 6.90. The highest BCUT2D eigenvalue weighted by molar-refractivity contribution is 6.21. The van der Waals surface area contributed by atoms with Crippen LogP contribution in [0.3, 0.4) is 0 Å². The van der Waals surface area contributed by atoms with Gasteiger partial charge in [0.2, 0.25) is 5.91 Å². The van der Waals surface area contributed by atoms with Crippen LogP contribution in [0.2, 0.25) is 0 Å². The van der Waals surface area contributed by atoms with E-state index in [-0.39, 0.29) is 30.2 Å². The first-order valence-electron chi connectivity index (χ1n) is 8.79. The van der Waals surface area contributed by atoms with Crippen molar-refractivity contribution < 1.29 is 14.4 Å². The summed E-state index contributed by atoms with van der Waals surface area (Å²) < 4.78 is 0. The standard InChI is InChI=1S/C20H24N2O3/c1-5-21(6-2)19(25)20(13(3)4)11-14(20)12-22-17(23)15-9-7-8-10-16(15)18(22)24/h7-10,14H,3,5-6,11-12H2,1-2,4H3/t14?,20-/m1/s1. The molecule has 0 radical (unpaired) electrons. The Bertz CT molecular complexity index is 731. The monoisotopic (exact) mass is 340 g/mol. The minimum atomic E-state index is -0.638. The van der Waals surface area contributed by atoms with Gasteiger partial charge in [-0.2, -0.15) is 0 Å². The number of imide groups is 1. The Morgan fingerprint density at radius 3 is 2.16 bits per heavy atom. The number of carbonyl (C=O) groups excluding carboxylic acids is 3. The number of amides is 3. The molecule has 1 saturated carbocycles. The van der Waals surface area contributed by atoms with Crippen LogP contribution >= 0.6 is 0 Å². The topological polar surface area (TPSA) is 57.7 Å². The molecule has 2 atom stereocenters. The minimum Gasteiger partial charge on any atom is -0.342 e. The predicted octanol–water partition coefficient (Wildman–Crippen LogP) is 2.73. The Kier molecular flexibility index (Phi) is 4.27. The van der Waals surface area contributed by atoms with Crippen molar-refractivity contribution in [3.63, 3.8) is 0 Å². The number of nitrogens with zero attached hydrogens (tertiary/aromatic N) is 2. The van der Waals surface area contributed by atoms with E-state index in [0.29, 0.717) is 30.6 Å². The van der Waals surface area contributed by atoms with Gasteiger partial charge in [-0.25, -0.2) is 0 Å². The molecular weight excluding hydrogens is 316 g/mol. The normalized spacial score (nSPS) is 24.3. The van der Waals surface area contributed by atoms with E-state index in [1.807, 2.05) is 20.8 Å². The van der Waals surface area contributed by atoms with E-state index < -0.39 is 5.41 Å². The Labute approximate surface area is 148 Å². The molecule has 132 valence electrons. The van der Waals surface area contributed by atoms with E-state index in [1.54, 1.807) is 29.2 Å². The fourth-order valence-corrected chi connectivity index (χ4v) is 3.94. The molecule has 2 aliphatic rings. The third-order valence-electron chi connectivity index (χ3n) is 5.58. The van der Waals surface area contributed by atoms with Gasteiger partial charge in [-0.3, -0.25) is 19.3 Å². The molecule has 0 saturated heterocycles. The molecule has 1 aromatic rings. The quantitative estimate of drug-likeness (QED) is 0.591. The molecule has 3 rings (SSSR count). The average Bonchev–Trinajstić information content (AvgIpc) is 3.29. The largest absolute Gasteiger partial charge is 0.342 e. The molecule has 0 bridgehead atoms. The molecule has 1 unspecified atom stereocenters. The summed E-state index contributed by atoms with van der Waals surface area (Å²) in [6.45, 7) is 11.4. The van der Waals surface area contributed by atoms with Crippen molar-refractivity contribution >= 4 is 17.7 Å². The molecule has 1 aliphatic heterocycles. The molecule has 1 heterocycles. The van der Waals surface area contributed by atoms with Gasteiger partial charge in [0.25, 0.3) is 11.8 Å². The first-order chi connectivity index (χ1) is 11.9. The third kappa shape index (κ3) is 2.49. The summed E-state index contributed by atoms with van der Waals surface area (Å²) in [5.74, 6) is -0.524. The summed E-state index contributed by atoms with van der Waals surface area (Å²) in [6.07, 6.45) is 0.644. The van der Waals surface area contributed by atoms with E-state index in [1.165, 1.54) is 4.90 Å². The van der Waals surface area contributed by atoms with Crippen LogP contribution in [-0.2, 0) is 4.79 Å². The lowest BCUT2D eigenvalue weighted by molar-refractivity contribution is -0.135. The molecule has 1 fully saturated rings. The van der Waals surface area contributed by atoms with Crippen molar-refractivity contribution in [2.45, 2.75) is 27.2 Å². The predicted molar refractivity (Wildman–Crippen MR) is 95.1 cm³/mol. The summed E-state index contributed by atoms with van der Waals surface area (Å²) in [5.41, 5.74) is 1.07. The zero-order valence-corrected chi connectivity index (χ0v) is 15.0. The molecule has 5 nitrogen and oxygen atoms in total. The van der Waals surface area contributed by atoms with Gasteiger partial charge in [-0.1, -0.05) is 24.3 Å². The smallest absolute Gasteiger partial charge is 0.261 e. The Balaban J connectivity index is 1.81. The van der Waals surface area contributed by atoms with Crippen molar-refractivity contribution in [2.24, 2.45) is 11.3 Å². The highest BCUT2D eigenvalue weighted by Crippen LogP contribution is 2.59. The van der Waals surface area contributed by atoms with Gasteiger partial charge in [0.1, 0.15) is 0 Å². The highest BCUT2D eigenvalue weighted by Gasteiger charge is 2.62. The van der Waals surface area contributed by atoms with Crippen LogP contribution in [0.1, 0.15) is 47.9 Å². The molecule has 0 N–H and O–H groups in total. The summed E-state index contributed by atoms with van der Waals surface area (Å²) in [4.78, 5) is 41.2. The van der Waals surface area contributed by atoms with Crippen molar-refractivity contribution in [3.8, 4) is 0 Å². The number of benzene rings is 1. The van der Waals surface area contributed by atoms with Crippen molar-refractivity contribution in [2.75, 3.05) is 19.6 Å². The van der Waals surface area contributed by atoms with Crippen LogP contribution in [0.15, 0.2) is 36.4 Å². The van der Waals surface area contributed by atoms with E-state index >= 15 is 0 Å². The van der Waals surface area contributed by atoms with Crippen LogP contribution in [0.5, 0.6) is 0 Å². The number of hydrogen-bond donors (Lipinski definition) is 0. The Hall–Kier alpha value is -2.43. The molecule has 3 amide bonds. The zero-order valence-electron chi connectivity index (χ0n) is 15.0. The van der Waals surface area contributed by atoms with Gasteiger partial charge in [0, 0.05) is 19.6 Å². The fourth-order valence-electron chi connectivity index (χ4n) is 3.94. The van der Waals surface area contributed by atoms with Gasteiger partial charge in [0.15, 0.2) is 0 Å². The maximum Gasteiger partial charge on any atom is 0.261 e. The van der Waals surface area contributed by atoms with Crippen molar-refractivity contribution in [3.05, 3.63) is 47.5 Å². The van der Waals surface area contributed by atoms with E-state index in [2.05, 4.69) is 6.58 Å². The molecule has 0 spiro atoms. The van der Waals surface area contributed by atoms with Crippen LogP contribution in [0.4, 0.5) is 0 Å². The lowest BCUT2D eigenvalue weighted by Gasteiger charge is -2.27. The molecule has 1 aromatic carbocycles. The number of fused-ring (bicyclic) bond motifs is 1. The molecule has 0 aromatic heterocycles. The first-order valence-corrected chi connectivity index (χ1v) is 8.79. The first kappa shape index (κ1) is 17.4. The summed E-state index contributed by atoms with van der Waals surface area (Å²) in [6, 6.07) is 6.87. The number of hydrogen-bond acceptors (Lipinski definition) is 3. The Morgan fingerprint density at radius 1 is 1.20 bits per heavy atom. The van der Waals surface area contributed by atoms with Crippen molar-refractivity contribution in [1.29, 1.82) is 0 Å². The maximum absolute atomic E-state index is 13.0.